The second-order valence-corrected chi connectivity index (χ2v) is 6.71. The standard InChI is InChI=1S/C23H30O2/c1-2-3-4-5-6-7-11-18-22(24)20-16-12-13-17-21(20)23(25)19-14-9-8-10-15-19/h8-10,12-17,22,24H,2-7,11,18H2,1H3. The molecule has 0 amide bonds. The monoisotopic (exact) mass is 338 g/mol. The Kier molecular flexibility index (Phi) is 8.41. The number of benzene rings is 2. The highest BCUT2D eigenvalue weighted by atomic mass is 16.3. The van der Waals surface area contributed by atoms with Crippen LogP contribution >= 0.6 is 0 Å². The van der Waals surface area contributed by atoms with E-state index in [1.807, 2.05) is 54.6 Å². The molecule has 0 saturated carbocycles. The van der Waals surface area contributed by atoms with E-state index in [9.17, 15) is 9.90 Å². The molecule has 0 aliphatic carbocycles. The Morgan fingerprint density at radius 1 is 0.840 bits per heavy atom. The summed E-state index contributed by atoms with van der Waals surface area (Å²) >= 11 is 0. The molecule has 2 rings (SSSR count). The van der Waals surface area contributed by atoms with Crippen molar-refractivity contribution in [3.63, 3.8) is 0 Å². The Bertz CT molecular complexity index is 634. The third-order valence-corrected chi connectivity index (χ3v) is 4.68. The Labute approximate surface area is 151 Å². The third-order valence-electron chi connectivity index (χ3n) is 4.68. The maximum absolute atomic E-state index is 12.7. The van der Waals surface area contributed by atoms with E-state index in [1.54, 1.807) is 0 Å². The fourth-order valence-corrected chi connectivity index (χ4v) is 3.19. The normalized spacial score (nSPS) is 12.1. The van der Waals surface area contributed by atoms with Crippen LogP contribution in [0.25, 0.3) is 0 Å². The highest BCUT2D eigenvalue weighted by Crippen LogP contribution is 2.25. The summed E-state index contributed by atoms with van der Waals surface area (Å²) in [5.41, 5.74) is 2.03. The summed E-state index contributed by atoms with van der Waals surface area (Å²) in [5.74, 6) is -0.0187. The molecule has 0 fully saturated rings. The van der Waals surface area contributed by atoms with Gasteiger partial charge in [-0.3, -0.25) is 4.79 Å². The van der Waals surface area contributed by atoms with Crippen molar-refractivity contribution in [1.82, 2.24) is 0 Å². The van der Waals surface area contributed by atoms with Crippen molar-refractivity contribution < 1.29 is 9.90 Å². The van der Waals surface area contributed by atoms with Crippen LogP contribution in [0.4, 0.5) is 0 Å². The van der Waals surface area contributed by atoms with Gasteiger partial charge >= 0.3 is 0 Å². The first-order valence-corrected chi connectivity index (χ1v) is 9.60. The van der Waals surface area contributed by atoms with Crippen molar-refractivity contribution in [3.8, 4) is 0 Å². The second kappa shape index (κ2) is 10.8. The van der Waals surface area contributed by atoms with Gasteiger partial charge in [0.25, 0.3) is 0 Å². The predicted molar refractivity (Wildman–Crippen MR) is 104 cm³/mol. The van der Waals surface area contributed by atoms with Crippen LogP contribution in [0.5, 0.6) is 0 Å². The van der Waals surface area contributed by atoms with Crippen LogP contribution in [0.3, 0.4) is 0 Å². The maximum Gasteiger partial charge on any atom is 0.193 e. The van der Waals surface area contributed by atoms with E-state index in [-0.39, 0.29) is 5.78 Å². The molecule has 134 valence electrons. The highest BCUT2D eigenvalue weighted by molar-refractivity contribution is 6.09. The van der Waals surface area contributed by atoms with Crippen molar-refractivity contribution in [1.29, 1.82) is 0 Å². The number of aliphatic hydroxyl groups is 1. The van der Waals surface area contributed by atoms with E-state index in [1.165, 1.54) is 32.1 Å². The molecule has 0 bridgehead atoms. The molecule has 0 aromatic heterocycles. The molecule has 2 nitrogen and oxygen atoms in total. The largest absolute Gasteiger partial charge is 0.388 e. The molecule has 2 heteroatoms. The molecule has 1 N–H and O–H groups in total. The van der Waals surface area contributed by atoms with Gasteiger partial charge in [0.1, 0.15) is 0 Å². The Morgan fingerprint density at radius 3 is 2.16 bits per heavy atom. The quantitative estimate of drug-likeness (QED) is 0.397. The lowest BCUT2D eigenvalue weighted by molar-refractivity contribution is 0.102. The molecule has 0 spiro atoms. The van der Waals surface area contributed by atoms with E-state index >= 15 is 0 Å². The summed E-state index contributed by atoms with van der Waals surface area (Å²) in [4.78, 5) is 12.7. The first-order valence-electron chi connectivity index (χ1n) is 9.60. The molecule has 1 atom stereocenters. The molecule has 25 heavy (non-hydrogen) atoms. The van der Waals surface area contributed by atoms with Crippen molar-refractivity contribution in [3.05, 3.63) is 71.3 Å². The van der Waals surface area contributed by atoms with Gasteiger partial charge < -0.3 is 5.11 Å². The molecule has 0 radical (unpaired) electrons. The summed E-state index contributed by atoms with van der Waals surface area (Å²) in [7, 11) is 0. The number of carbonyl (C=O) groups excluding carboxylic acids is 1. The van der Waals surface area contributed by atoms with Crippen LogP contribution in [0, 0.1) is 0 Å². The molecule has 0 aliphatic rings. The number of carbonyl (C=O) groups is 1. The Morgan fingerprint density at radius 2 is 1.44 bits per heavy atom. The molecular weight excluding hydrogens is 308 g/mol. The topological polar surface area (TPSA) is 37.3 Å². The molecule has 2 aromatic rings. The summed E-state index contributed by atoms with van der Waals surface area (Å²) in [5, 5.41) is 10.6. The molecule has 0 heterocycles. The van der Waals surface area contributed by atoms with E-state index in [0.29, 0.717) is 17.5 Å². The Hall–Kier alpha value is -1.93. The van der Waals surface area contributed by atoms with Crippen molar-refractivity contribution in [2.75, 3.05) is 0 Å². The van der Waals surface area contributed by atoms with Crippen LogP contribution in [0.2, 0.25) is 0 Å². The zero-order valence-electron chi connectivity index (χ0n) is 15.3. The Balaban J connectivity index is 1.92. The van der Waals surface area contributed by atoms with Crippen LogP contribution in [-0.4, -0.2) is 10.9 Å². The summed E-state index contributed by atoms with van der Waals surface area (Å²) < 4.78 is 0. The van der Waals surface area contributed by atoms with Gasteiger partial charge in [0.2, 0.25) is 0 Å². The van der Waals surface area contributed by atoms with Gasteiger partial charge in [0.05, 0.1) is 6.10 Å². The van der Waals surface area contributed by atoms with Crippen molar-refractivity contribution >= 4 is 5.78 Å². The van der Waals surface area contributed by atoms with Gasteiger partial charge in [0.15, 0.2) is 5.78 Å². The maximum atomic E-state index is 12.7. The number of unbranched alkanes of at least 4 members (excludes halogenated alkanes) is 6. The van der Waals surface area contributed by atoms with Crippen LogP contribution in [0.15, 0.2) is 54.6 Å². The minimum Gasteiger partial charge on any atom is -0.388 e. The van der Waals surface area contributed by atoms with E-state index in [2.05, 4.69) is 6.92 Å². The molecule has 1 unspecified atom stereocenters. The van der Waals surface area contributed by atoms with Gasteiger partial charge in [0, 0.05) is 11.1 Å². The summed E-state index contributed by atoms with van der Waals surface area (Å²) in [6, 6.07) is 16.7. The minimum atomic E-state index is -0.570. The van der Waals surface area contributed by atoms with Crippen molar-refractivity contribution in [2.45, 2.75) is 64.4 Å². The number of ketones is 1. The van der Waals surface area contributed by atoms with E-state index in [0.717, 1.165) is 18.4 Å². The number of hydrogen-bond donors (Lipinski definition) is 1. The van der Waals surface area contributed by atoms with Crippen LogP contribution in [-0.2, 0) is 0 Å². The SMILES string of the molecule is CCCCCCCCCC(O)c1ccccc1C(=O)c1ccccc1. The molecular formula is C23H30O2. The van der Waals surface area contributed by atoms with E-state index in [4.69, 9.17) is 0 Å². The van der Waals surface area contributed by atoms with Gasteiger partial charge in [-0.05, 0) is 12.0 Å². The van der Waals surface area contributed by atoms with Gasteiger partial charge in [-0.15, -0.1) is 0 Å². The number of rotatable bonds is 11. The molecule has 0 saturated heterocycles. The second-order valence-electron chi connectivity index (χ2n) is 6.71. The van der Waals surface area contributed by atoms with Gasteiger partial charge in [-0.2, -0.15) is 0 Å². The van der Waals surface area contributed by atoms with Gasteiger partial charge in [-0.25, -0.2) is 0 Å². The third kappa shape index (κ3) is 6.13. The fraction of sp³-hybridized carbons (Fsp3) is 0.435. The lowest BCUT2D eigenvalue weighted by Gasteiger charge is -2.15. The number of aliphatic hydroxyl groups excluding tert-OH is 1. The lowest BCUT2D eigenvalue weighted by Crippen LogP contribution is -2.09. The minimum absolute atomic E-state index is 0.0187. The number of hydrogen-bond acceptors (Lipinski definition) is 2. The zero-order valence-corrected chi connectivity index (χ0v) is 15.3. The van der Waals surface area contributed by atoms with E-state index < -0.39 is 6.10 Å². The first kappa shape index (κ1) is 19.4. The average Bonchev–Trinajstić information content (AvgIpc) is 2.67. The van der Waals surface area contributed by atoms with Crippen LogP contribution in [0.1, 0.15) is 85.9 Å². The smallest absolute Gasteiger partial charge is 0.193 e. The predicted octanol–water partition coefficient (Wildman–Crippen LogP) is 6.09. The lowest BCUT2D eigenvalue weighted by atomic mass is 9.93. The zero-order chi connectivity index (χ0) is 17.9. The molecule has 2 aromatic carbocycles. The average molecular weight is 338 g/mol. The van der Waals surface area contributed by atoms with Crippen LogP contribution < -0.4 is 0 Å². The highest BCUT2D eigenvalue weighted by Gasteiger charge is 2.17. The summed E-state index contributed by atoms with van der Waals surface area (Å²) in [6.45, 7) is 2.23. The molecule has 0 aliphatic heterocycles. The first-order chi connectivity index (χ1) is 12.2. The summed E-state index contributed by atoms with van der Waals surface area (Å²) in [6.07, 6.45) is 8.71. The van der Waals surface area contributed by atoms with Gasteiger partial charge in [-0.1, -0.05) is 106 Å². The van der Waals surface area contributed by atoms with Crippen molar-refractivity contribution in [2.24, 2.45) is 0 Å². The fourth-order valence-electron chi connectivity index (χ4n) is 3.19.